The zero-order valence-corrected chi connectivity index (χ0v) is 10.5. The number of benzene rings is 1. The van der Waals surface area contributed by atoms with Crippen molar-refractivity contribution in [3.8, 4) is 11.6 Å². The van der Waals surface area contributed by atoms with Crippen LogP contribution in [0, 0.1) is 0 Å². The molecular formula is C12H12ClN3O2. The van der Waals surface area contributed by atoms with Crippen LogP contribution in [0.15, 0.2) is 35.4 Å². The molecule has 0 aliphatic carbocycles. The van der Waals surface area contributed by atoms with Gasteiger partial charge >= 0.3 is 0 Å². The van der Waals surface area contributed by atoms with Gasteiger partial charge in [-0.3, -0.25) is 4.79 Å². The lowest BCUT2D eigenvalue weighted by Crippen LogP contribution is -2.08. The van der Waals surface area contributed by atoms with Crippen LogP contribution in [-0.2, 0) is 6.54 Å². The van der Waals surface area contributed by atoms with Gasteiger partial charge in [-0.25, -0.2) is 4.98 Å². The third-order valence-corrected chi connectivity index (χ3v) is 2.59. The first-order valence-corrected chi connectivity index (χ1v) is 5.73. The van der Waals surface area contributed by atoms with E-state index in [4.69, 9.17) is 16.3 Å². The van der Waals surface area contributed by atoms with Crippen LogP contribution < -0.4 is 15.6 Å². The summed E-state index contributed by atoms with van der Waals surface area (Å²) in [5.74, 6) is 0.685. The summed E-state index contributed by atoms with van der Waals surface area (Å²) in [5, 5.41) is 2.98. The Kier molecular flexibility index (Phi) is 3.96. The molecule has 2 rings (SSSR count). The van der Waals surface area contributed by atoms with E-state index in [9.17, 15) is 4.79 Å². The van der Waals surface area contributed by atoms with Crippen molar-refractivity contribution in [2.45, 2.75) is 6.54 Å². The molecule has 0 atom stereocenters. The third-order valence-electron chi connectivity index (χ3n) is 2.26. The first kappa shape index (κ1) is 12.6. The van der Waals surface area contributed by atoms with Gasteiger partial charge in [0.15, 0.2) is 5.02 Å². The predicted octanol–water partition coefficient (Wildman–Crippen LogP) is 1.93. The third kappa shape index (κ3) is 2.88. The number of nitrogens with one attached hydrogen (secondary N) is 2. The highest BCUT2D eigenvalue weighted by Gasteiger charge is 2.08. The van der Waals surface area contributed by atoms with Gasteiger partial charge < -0.3 is 15.0 Å². The molecule has 0 amide bonds. The highest BCUT2D eigenvalue weighted by Crippen LogP contribution is 2.24. The van der Waals surface area contributed by atoms with Crippen molar-refractivity contribution in [1.82, 2.24) is 15.3 Å². The summed E-state index contributed by atoms with van der Waals surface area (Å²) in [5.41, 5.74) is 0.643. The van der Waals surface area contributed by atoms with Crippen molar-refractivity contribution in [2.24, 2.45) is 0 Å². The fourth-order valence-corrected chi connectivity index (χ4v) is 1.61. The maximum atomic E-state index is 11.3. The van der Waals surface area contributed by atoms with Crippen LogP contribution in [0.1, 0.15) is 5.56 Å². The fraction of sp³-hybridized carbons (Fsp3) is 0.167. The summed E-state index contributed by atoms with van der Waals surface area (Å²) in [6.07, 6.45) is 1.25. The van der Waals surface area contributed by atoms with E-state index in [1.54, 1.807) is 6.07 Å². The molecule has 1 aromatic heterocycles. The van der Waals surface area contributed by atoms with Crippen LogP contribution >= 0.6 is 11.6 Å². The summed E-state index contributed by atoms with van der Waals surface area (Å²) in [6.45, 7) is 0.730. The molecule has 0 spiro atoms. The van der Waals surface area contributed by atoms with Gasteiger partial charge in [0.1, 0.15) is 5.75 Å². The van der Waals surface area contributed by atoms with Crippen molar-refractivity contribution in [3.63, 3.8) is 0 Å². The molecule has 0 radical (unpaired) electrons. The van der Waals surface area contributed by atoms with Crippen molar-refractivity contribution in [2.75, 3.05) is 7.05 Å². The Labute approximate surface area is 109 Å². The van der Waals surface area contributed by atoms with Gasteiger partial charge in [-0.15, -0.1) is 0 Å². The molecule has 1 aromatic carbocycles. The van der Waals surface area contributed by atoms with Gasteiger partial charge in [0.2, 0.25) is 5.88 Å². The Morgan fingerprint density at radius 2 is 2.33 bits per heavy atom. The molecule has 0 aliphatic rings. The molecule has 2 N–H and O–H groups in total. The Morgan fingerprint density at radius 3 is 3.11 bits per heavy atom. The number of H-pyrrole nitrogens is 1. The minimum atomic E-state index is -0.423. The van der Waals surface area contributed by atoms with Crippen LogP contribution in [0.3, 0.4) is 0 Å². The summed E-state index contributed by atoms with van der Waals surface area (Å²) in [7, 11) is 1.86. The molecule has 1 heterocycles. The van der Waals surface area contributed by atoms with Crippen molar-refractivity contribution >= 4 is 11.6 Å². The van der Waals surface area contributed by atoms with Crippen molar-refractivity contribution < 1.29 is 4.74 Å². The van der Waals surface area contributed by atoms with E-state index < -0.39 is 5.56 Å². The monoisotopic (exact) mass is 265 g/mol. The van der Waals surface area contributed by atoms with Gasteiger partial charge in [0.05, 0.1) is 6.33 Å². The van der Waals surface area contributed by atoms with Crippen LogP contribution in [0.4, 0.5) is 0 Å². The zero-order valence-electron chi connectivity index (χ0n) is 9.74. The molecule has 0 saturated heterocycles. The van der Waals surface area contributed by atoms with Gasteiger partial charge in [-0.05, 0) is 24.7 Å². The molecular weight excluding hydrogens is 254 g/mol. The smallest absolute Gasteiger partial charge is 0.273 e. The zero-order chi connectivity index (χ0) is 13.0. The standard InChI is InChI=1S/C12H12ClN3O2/c1-14-6-8-3-2-4-9(5-8)18-12-10(13)11(17)15-7-16-12/h2-5,7,14H,6H2,1H3,(H,15,16,17). The maximum absolute atomic E-state index is 11.3. The minimum absolute atomic E-state index is 0.0588. The first-order chi connectivity index (χ1) is 8.70. The predicted molar refractivity (Wildman–Crippen MR) is 69.1 cm³/mol. The number of aromatic amines is 1. The van der Waals surface area contributed by atoms with Crippen LogP contribution in [0.25, 0.3) is 0 Å². The molecule has 0 fully saturated rings. The van der Waals surface area contributed by atoms with Crippen molar-refractivity contribution in [3.05, 3.63) is 51.5 Å². The van der Waals surface area contributed by atoms with E-state index in [2.05, 4.69) is 15.3 Å². The molecule has 0 saturated carbocycles. The highest BCUT2D eigenvalue weighted by atomic mass is 35.5. The molecule has 0 bridgehead atoms. The Bertz CT molecular complexity index is 598. The number of hydrogen-bond acceptors (Lipinski definition) is 4. The second-order valence-corrected chi connectivity index (χ2v) is 4.01. The van der Waals surface area contributed by atoms with Crippen LogP contribution in [0.5, 0.6) is 11.6 Å². The summed E-state index contributed by atoms with van der Waals surface area (Å²) in [6, 6.07) is 7.47. The van der Waals surface area contributed by atoms with E-state index >= 15 is 0 Å². The van der Waals surface area contributed by atoms with E-state index in [1.165, 1.54) is 6.33 Å². The average Bonchev–Trinajstić information content (AvgIpc) is 2.36. The first-order valence-electron chi connectivity index (χ1n) is 5.35. The molecule has 0 unspecified atom stereocenters. The molecule has 6 heteroatoms. The second kappa shape index (κ2) is 5.66. The highest BCUT2D eigenvalue weighted by molar-refractivity contribution is 6.31. The maximum Gasteiger partial charge on any atom is 0.273 e. The Hall–Kier alpha value is -1.85. The molecule has 5 nitrogen and oxygen atoms in total. The van der Waals surface area contributed by atoms with Crippen molar-refractivity contribution in [1.29, 1.82) is 0 Å². The Balaban J connectivity index is 2.25. The number of halogens is 1. The van der Waals surface area contributed by atoms with Crippen LogP contribution in [0.2, 0.25) is 5.02 Å². The summed E-state index contributed by atoms with van der Waals surface area (Å²) in [4.78, 5) is 17.5. The average molecular weight is 266 g/mol. The molecule has 18 heavy (non-hydrogen) atoms. The molecule has 94 valence electrons. The number of hydrogen-bond donors (Lipinski definition) is 2. The van der Waals surface area contributed by atoms with E-state index in [1.807, 2.05) is 25.2 Å². The van der Waals surface area contributed by atoms with E-state index in [0.29, 0.717) is 5.75 Å². The number of nitrogens with zero attached hydrogens (tertiary/aromatic N) is 1. The lowest BCUT2D eigenvalue weighted by Gasteiger charge is -2.07. The lowest BCUT2D eigenvalue weighted by atomic mass is 10.2. The lowest BCUT2D eigenvalue weighted by molar-refractivity contribution is 0.460. The normalized spacial score (nSPS) is 10.3. The van der Waals surface area contributed by atoms with Gasteiger partial charge in [0.25, 0.3) is 5.56 Å². The fourth-order valence-electron chi connectivity index (χ4n) is 1.47. The van der Waals surface area contributed by atoms with Gasteiger partial charge in [0, 0.05) is 6.54 Å². The number of rotatable bonds is 4. The largest absolute Gasteiger partial charge is 0.437 e. The van der Waals surface area contributed by atoms with Gasteiger partial charge in [-0.2, -0.15) is 0 Å². The SMILES string of the molecule is CNCc1cccc(Oc2nc[nH]c(=O)c2Cl)c1. The topological polar surface area (TPSA) is 67.0 Å². The van der Waals surface area contributed by atoms with Gasteiger partial charge in [-0.1, -0.05) is 23.7 Å². The molecule has 2 aromatic rings. The summed E-state index contributed by atoms with van der Waals surface area (Å²) < 4.78 is 5.49. The Morgan fingerprint density at radius 1 is 1.50 bits per heavy atom. The van der Waals surface area contributed by atoms with E-state index in [-0.39, 0.29) is 10.9 Å². The summed E-state index contributed by atoms with van der Waals surface area (Å²) >= 11 is 5.80. The second-order valence-electron chi connectivity index (χ2n) is 3.63. The number of aromatic nitrogens is 2. The van der Waals surface area contributed by atoms with Crippen LogP contribution in [-0.4, -0.2) is 17.0 Å². The molecule has 0 aliphatic heterocycles. The quantitative estimate of drug-likeness (QED) is 0.887. The number of ether oxygens (including phenoxy) is 1. The van der Waals surface area contributed by atoms with E-state index in [0.717, 1.165) is 12.1 Å². The minimum Gasteiger partial charge on any atom is -0.437 e.